The van der Waals surface area contributed by atoms with E-state index in [1.165, 1.54) is 0 Å². The number of hydrogen-bond donors (Lipinski definition) is 1. The second kappa shape index (κ2) is 15.0. The maximum atomic E-state index is 11.6. The third-order valence-corrected chi connectivity index (χ3v) is 7.98. The first kappa shape index (κ1) is 31.5. The molecule has 2 aromatic carbocycles. The molecule has 0 aromatic heterocycles. The summed E-state index contributed by atoms with van der Waals surface area (Å²) >= 11 is 35.9. The number of carbonyl (C=O) groups is 1. The Balaban J connectivity index is 0.000000256. The molecule has 13 heteroatoms. The Bertz CT molecular complexity index is 984. The highest BCUT2D eigenvalue weighted by Crippen LogP contribution is 2.35. The Kier molecular flexibility index (Phi) is 13.2. The van der Waals surface area contributed by atoms with Crippen LogP contribution < -0.4 is 15.1 Å². The molecule has 0 spiro atoms. The summed E-state index contributed by atoms with van der Waals surface area (Å²) < 4.78 is 4.99. The predicted octanol–water partition coefficient (Wildman–Crippen LogP) is 7.40. The summed E-state index contributed by atoms with van der Waals surface area (Å²) in [6.45, 7) is 8.71. The van der Waals surface area contributed by atoms with Crippen LogP contribution in [-0.4, -0.2) is 70.0 Å². The molecule has 0 atom stereocenters. The SMILES string of the molecule is CCOC(=O)N1CCN(c2cc(Cl)c(Cl)c(Cl)c2)CC1.Cl.Clc1cc(N2CCNCC2)cc(Cl)c1Cl. The van der Waals surface area contributed by atoms with Gasteiger partial charge < -0.3 is 24.8 Å². The zero-order valence-electron chi connectivity index (χ0n) is 19.5. The summed E-state index contributed by atoms with van der Waals surface area (Å²) in [5.74, 6) is 0. The summed E-state index contributed by atoms with van der Waals surface area (Å²) in [6, 6.07) is 7.30. The van der Waals surface area contributed by atoms with Crippen molar-refractivity contribution in [2.75, 3.05) is 68.8 Å². The molecule has 6 nitrogen and oxygen atoms in total. The normalized spacial score (nSPS) is 15.6. The number of hydrogen-bond acceptors (Lipinski definition) is 5. The monoisotopic (exact) mass is 636 g/mol. The molecule has 4 rings (SSSR count). The van der Waals surface area contributed by atoms with Gasteiger partial charge in [0.15, 0.2) is 0 Å². The molecule has 0 aliphatic carbocycles. The molecule has 200 valence electrons. The van der Waals surface area contributed by atoms with Crippen molar-refractivity contribution in [2.24, 2.45) is 0 Å². The lowest BCUT2D eigenvalue weighted by atomic mass is 10.2. The summed E-state index contributed by atoms with van der Waals surface area (Å²) in [7, 11) is 0. The number of nitrogens with zero attached hydrogens (tertiary/aromatic N) is 3. The van der Waals surface area contributed by atoms with Gasteiger partial charge in [-0.1, -0.05) is 69.6 Å². The number of carbonyl (C=O) groups excluding carboxylic acids is 1. The van der Waals surface area contributed by atoms with Gasteiger partial charge in [0.05, 0.1) is 36.7 Å². The zero-order valence-corrected chi connectivity index (χ0v) is 24.9. The minimum Gasteiger partial charge on any atom is -0.450 e. The first-order valence-electron chi connectivity index (χ1n) is 11.1. The predicted molar refractivity (Wildman–Crippen MR) is 156 cm³/mol. The van der Waals surface area contributed by atoms with E-state index in [1.807, 2.05) is 12.1 Å². The fourth-order valence-electron chi connectivity index (χ4n) is 3.73. The first-order chi connectivity index (χ1) is 16.7. The molecule has 2 heterocycles. The summed E-state index contributed by atoms with van der Waals surface area (Å²) in [5.41, 5.74) is 1.95. The molecular formula is C23H27Cl7N4O2. The highest BCUT2D eigenvalue weighted by Gasteiger charge is 2.23. The highest BCUT2D eigenvalue weighted by molar-refractivity contribution is 6.48. The molecule has 2 fully saturated rings. The Morgan fingerprint density at radius 2 is 1.14 bits per heavy atom. The van der Waals surface area contributed by atoms with E-state index in [0.29, 0.717) is 62.9 Å². The fourth-order valence-corrected chi connectivity index (χ4v) is 4.90. The van der Waals surface area contributed by atoms with Crippen LogP contribution >= 0.6 is 82.0 Å². The topological polar surface area (TPSA) is 48.1 Å². The molecule has 2 aromatic rings. The van der Waals surface area contributed by atoms with Gasteiger partial charge in [0, 0.05) is 63.7 Å². The van der Waals surface area contributed by atoms with E-state index < -0.39 is 0 Å². The maximum Gasteiger partial charge on any atom is 0.409 e. The van der Waals surface area contributed by atoms with E-state index in [9.17, 15) is 4.79 Å². The highest BCUT2D eigenvalue weighted by atomic mass is 35.5. The average Bonchev–Trinajstić information content (AvgIpc) is 2.86. The van der Waals surface area contributed by atoms with Crippen LogP contribution in [0.4, 0.5) is 16.2 Å². The molecule has 0 unspecified atom stereocenters. The van der Waals surface area contributed by atoms with Gasteiger partial charge in [-0.2, -0.15) is 0 Å². The molecule has 1 N–H and O–H groups in total. The van der Waals surface area contributed by atoms with Crippen molar-refractivity contribution in [1.82, 2.24) is 10.2 Å². The Labute approximate surface area is 248 Å². The van der Waals surface area contributed by atoms with Crippen LogP contribution in [0.2, 0.25) is 30.1 Å². The van der Waals surface area contributed by atoms with E-state index in [2.05, 4.69) is 15.1 Å². The third-order valence-electron chi connectivity index (χ3n) is 5.59. The van der Waals surface area contributed by atoms with E-state index >= 15 is 0 Å². The number of anilines is 2. The van der Waals surface area contributed by atoms with Gasteiger partial charge >= 0.3 is 6.09 Å². The van der Waals surface area contributed by atoms with Crippen LogP contribution in [0.3, 0.4) is 0 Å². The van der Waals surface area contributed by atoms with Crippen LogP contribution in [0.1, 0.15) is 6.92 Å². The average molecular weight is 640 g/mol. The lowest BCUT2D eigenvalue weighted by Gasteiger charge is -2.35. The molecule has 0 bridgehead atoms. The number of benzene rings is 2. The van der Waals surface area contributed by atoms with Gasteiger partial charge in [0.25, 0.3) is 0 Å². The van der Waals surface area contributed by atoms with Gasteiger partial charge in [-0.25, -0.2) is 4.79 Å². The second-order valence-electron chi connectivity index (χ2n) is 7.86. The van der Waals surface area contributed by atoms with Crippen LogP contribution in [0, 0.1) is 0 Å². The van der Waals surface area contributed by atoms with Crippen LogP contribution in [0.5, 0.6) is 0 Å². The number of rotatable bonds is 3. The van der Waals surface area contributed by atoms with E-state index in [4.69, 9.17) is 74.3 Å². The fraction of sp³-hybridized carbons (Fsp3) is 0.435. The molecule has 0 radical (unpaired) electrons. The van der Waals surface area contributed by atoms with E-state index in [-0.39, 0.29) is 18.5 Å². The van der Waals surface area contributed by atoms with Crippen molar-refractivity contribution in [3.63, 3.8) is 0 Å². The Morgan fingerprint density at radius 1 is 0.750 bits per heavy atom. The summed E-state index contributed by atoms with van der Waals surface area (Å²) in [5, 5.41) is 5.97. The molecule has 2 saturated heterocycles. The third kappa shape index (κ3) is 8.40. The van der Waals surface area contributed by atoms with Crippen molar-refractivity contribution in [1.29, 1.82) is 0 Å². The second-order valence-corrected chi connectivity index (χ2v) is 10.2. The zero-order chi connectivity index (χ0) is 25.5. The van der Waals surface area contributed by atoms with Gasteiger partial charge in [-0.15, -0.1) is 12.4 Å². The largest absolute Gasteiger partial charge is 0.450 e. The van der Waals surface area contributed by atoms with Gasteiger partial charge in [0.1, 0.15) is 0 Å². The summed E-state index contributed by atoms with van der Waals surface area (Å²) in [4.78, 5) is 17.7. The first-order valence-corrected chi connectivity index (χ1v) is 13.4. The van der Waals surface area contributed by atoms with Gasteiger partial charge in [-0.05, 0) is 31.2 Å². The molecule has 2 aliphatic rings. The smallest absolute Gasteiger partial charge is 0.409 e. The number of amides is 1. The minimum absolute atomic E-state index is 0. The van der Waals surface area contributed by atoms with E-state index in [0.717, 1.165) is 37.6 Å². The van der Waals surface area contributed by atoms with Crippen molar-refractivity contribution >= 4 is 99.5 Å². The lowest BCUT2D eigenvalue weighted by Crippen LogP contribution is -2.49. The Hall–Kier alpha value is -0.700. The van der Waals surface area contributed by atoms with Crippen molar-refractivity contribution in [2.45, 2.75) is 6.92 Å². The molecule has 1 amide bonds. The summed E-state index contributed by atoms with van der Waals surface area (Å²) in [6.07, 6.45) is -0.265. The quantitative estimate of drug-likeness (QED) is 0.355. The number of ether oxygens (including phenoxy) is 1. The van der Waals surface area contributed by atoms with E-state index in [1.54, 1.807) is 24.0 Å². The number of nitrogens with one attached hydrogen (secondary N) is 1. The Morgan fingerprint density at radius 3 is 1.53 bits per heavy atom. The molecular weight excluding hydrogens is 612 g/mol. The van der Waals surface area contributed by atoms with Crippen LogP contribution in [0.15, 0.2) is 24.3 Å². The van der Waals surface area contributed by atoms with Crippen molar-refractivity contribution in [3.05, 3.63) is 54.4 Å². The van der Waals surface area contributed by atoms with Crippen LogP contribution in [0.25, 0.3) is 0 Å². The lowest BCUT2D eigenvalue weighted by molar-refractivity contribution is 0.105. The standard InChI is InChI=1S/C13H15Cl3N2O2.C10H11Cl3N2.ClH/c1-2-20-13(19)18-5-3-17(4-6-18)9-7-10(14)12(16)11(15)8-9;11-8-5-7(6-9(12)10(8)13)15-3-1-14-2-4-15;/h7-8H,2-6H2,1H3;5-6,14H,1-4H2;1H. The molecule has 36 heavy (non-hydrogen) atoms. The van der Waals surface area contributed by atoms with Gasteiger partial charge in [0.2, 0.25) is 0 Å². The number of piperazine rings is 2. The van der Waals surface area contributed by atoms with Crippen molar-refractivity contribution in [3.8, 4) is 0 Å². The molecule has 0 saturated carbocycles. The molecule has 2 aliphatic heterocycles. The van der Waals surface area contributed by atoms with Crippen LogP contribution in [-0.2, 0) is 4.74 Å². The van der Waals surface area contributed by atoms with Gasteiger partial charge in [-0.3, -0.25) is 0 Å². The number of halogens is 7. The van der Waals surface area contributed by atoms with Crippen molar-refractivity contribution < 1.29 is 9.53 Å². The maximum absolute atomic E-state index is 11.6. The minimum atomic E-state index is -0.265.